The van der Waals surface area contributed by atoms with E-state index in [9.17, 15) is 4.79 Å². The van der Waals surface area contributed by atoms with Gasteiger partial charge in [-0.3, -0.25) is 4.79 Å². The number of rotatable bonds is 6. The van der Waals surface area contributed by atoms with Crippen LogP contribution in [0.1, 0.15) is 28.8 Å². The molecule has 1 atom stereocenters. The number of hydrogen-bond acceptors (Lipinski definition) is 4. The van der Waals surface area contributed by atoms with E-state index in [1.165, 1.54) is 5.56 Å². The minimum atomic E-state index is -0.515. The van der Waals surface area contributed by atoms with Crippen molar-refractivity contribution in [2.75, 3.05) is 6.54 Å². The average molecular weight is 318 g/mol. The molecule has 0 unspecified atom stereocenters. The van der Waals surface area contributed by atoms with Crippen molar-refractivity contribution in [3.63, 3.8) is 0 Å². The van der Waals surface area contributed by atoms with Crippen molar-refractivity contribution in [1.29, 1.82) is 0 Å². The van der Waals surface area contributed by atoms with E-state index in [1.807, 2.05) is 37.4 Å². The molecule has 0 fully saturated rings. The van der Waals surface area contributed by atoms with Crippen LogP contribution in [0.25, 0.3) is 0 Å². The zero-order chi connectivity index (χ0) is 16.1. The summed E-state index contributed by atoms with van der Waals surface area (Å²) in [5.41, 5.74) is 3.39. The van der Waals surface area contributed by atoms with Crippen LogP contribution in [0.5, 0.6) is 5.75 Å². The number of amides is 1. The second-order valence-electron chi connectivity index (χ2n) is 5.41. The molecule has 0 spiro atoms. The van der Waals surface area contributed by atoms with Gasteiger partial charge in [0, 0.05) is 18.3 Å². The number of nitrogens with one attached hydrogen (secondary N) is 1. The fraction of sp³-hybridized carbons (Fsp3) is 0.412. The van der Waals surface area contributed by atoms with E-state index in [4.69, 9.17) is 4.74 Å². The molecule has 1 aromatic heterocycles. The topological polar surface area (TPSA) is 51.2 Å². The lowest BCUT2D eigenvalue weighted by Crippen LogP contribution is -2.37. The first kappa shape index (κ1) is 16.5. The van der Waals surface area contributed by atoms with Crippen molar-refractivity contribution in [2.45, 2.75) is 40.2 Å². The molecule has 1 heterocycles. The number of nitrogens with zero attached hydrogens (tertiary/aromatic N) is 1. The van der Waals surface area contributed by atoms with Gasteiger partial charge < -0.3 is 10.1 Å². The van der Waals surface area contributed by atoms with Crippen molar-refractivity contribution in [2.24, 2.45) is 0 Å². The molecule has 0 aliphatic heterocycles. The summed E-state index contributed by atoms with van der Waals surface area (Å²) in [6.07, 6.45) is 0.228. The third-order valence-corrected chi connectivity index (χ3v) is 4.33. The lowest BCUT2D eigenvalue weighted by atomic mass is 10.1. The molecule has 4 nitrogen and oxygen atoms in total. The van der Waals surface area contributed by atoms with Gasteiger partial charge in [0.2, 0.25) is 0 Å². The summed E-state index contributed by atoms with van der Waals surface area (Å²) in [5, 5.41) is 5.96. The fourth-order valence-corrected chi connectivity index (χ4v) is 2.67. The number of aryl methyl sites for hydroxylation is 3. The molecule has 0 radical (unpaired) electrons. The smallest absolute Gasteiger partial charge is 0.260 e. The van der Waals surface area contributed by atoms with Gasteiger partial charge in [0.05, 0.1) is 10.7 Å². The highest BCUT2D eigenvalue weighted by Crippen LogP contribution is 2.17. The van der Waals surface area contributed by atoms with Crippen molar-refractivity contribution >= 4 is 17.2 Å². The van der Waals surface area contributed by atoms with E-state index in [0.717, 1.165) is 28.4 Å². The average Bonchev–Trinajstić information content (AvgIpc) is 2.88. The second kappa shape index (κ2) is 7.40. The predicted molar refractivity (Wildman–Crippen MR) is 89.6 cm³/mol. The number of ether oxygens (including phenoxy) is 1. The Balaban J connectivity index is 1.80. The van der Waals surface area contributed by atoms with Gasteiger partial charge in [0.25, 0.3) is 5.91 Å². The number of aromatic nitrogens is 1. The van der Waals surface area contributed by atoms with Crippen LogP contribution in [0.3, 0.4) is 0 Å². The molecule has 0 aliphatic carbocycles. The molecule has 22 heavy (non-hydrogen) atoms. The number of hydrogen-bond donors (Lipinski definition) is 1. The summed E-state index contributed by atoms with van der Waals surface area (Å²) in [6.45, 7) is 8.39. The molecule has 0 bridgehead atoms. The molecule has 0 aliphatic rings. The maximum atomic E-state index is 12.0. The van der Waals surface area contributed by atoms with E-state index in [1.54, 1.807) is 18.3 Å². The Morgan fingerprint density at radius 3 is 2.73 bits per heavy atom. The van der Waals surface area contributed by atoms with Crippen molar-refractivity contribution in [1.82, 2.24) is 10.3 Å². The van der Waals surface area contributed by atoms with Crippen LogP contribution >= 0.6 is 11.3 Å². The number of benzene rings is 1. The monoisotopic (exact) mass is 318 g/mol. The first-order valence-corrected chi connectivity index (χ1v) is 8.26. The Bertz CT molecular complexity index is 652. The van der Waals surface area contributed by atoms with E-state index < -0.39 is 6.10 Å². The largest absolute Gasteiger partial charge is 0.481 e. The summed E-state index contributed by atoms with van der Waals surface area (Å²) in [6, 6.07) is 5.85. The first-order chi connectivity index (χ1) is 10.5. The van der Waals surface area contributed by atoms with Crippen molar-refractivity contribution in [3.8, 4) is 5.75 Å². The second-order valence-corrected chi connectivity index (χ2v) is 6.47. The first-order valence-electron chi connectivity index (χ1n) is 7.38. The van der Waals surface area contributed by atoms with E-state index in [-0.39, 0.29) is 5.91 Å². The standard InChI is InChI=1S/C17H22N2O2S/c1-11-5-6-16(9-12(11)2)21-13(3)17(20)18-8-7-15-10-22-14(4)19-15/h5-6,9-10,13H,7-8H2,1-4H3,(H,18,20)/t13-/m0/s1. The summed E-state index contributed by atoms with van der Waals surface area (Å²) in [7, 11) is 0. The van der Waals surface area contributed by atoms with Crippen molar-refractivity contribution in [3.05, 3.63) is 45.4 Å². The lowest BCUT2D eigenvalue weighted by Gasteiger charge is -2.15. The third-order valence-electron chi connectivity index (χ3n) is 3.51. The Morgan fingerprint density at radius 1 is 1.32 bits per heavy atom. The van der Waals surface area contributed by atoms with Crippen LogP contribution in [0, 0.1) is 20.8 Å². The summed E-state index contributed by atoms with van der Waals surface area (Å²) < 4.78 is 5.69. The Hall–Kier alpha value is -1.88. The molecule has 0 saturated heterocycles. The normalized spacial score (nSPS) is 12.0. The molecular weight excluding hydrogens is 296 g/mol. The maximum absolute atomic E-state index is 12.0. The van der Waals surface area contributed by atoms with E-state index in [0.29, 0.717) is 6.54 Å². The SMILES string of the molecule is Cc1nc(CCNC(=O)[C@H](C)Oc2ccc(C)c(C)c2)cs1. The molecule has 118 valence electrons. The van der Waals surface area contributed by atoms with Crippen LogP contribution in [-0.2, 0) is 11.2 Å². The molecule has 1 aromatic carbocycles. The molecule has 1 amide bonds. The van der Waals surface area contributed by atoms with E-state index >= 15 is 0 Å². The van der Waals surface area contributed by atoms with Gasteiger partial charge in [-0.05, 0) is 51.0 Å². The number of carbonyl (C=O) groups excluding carboxylic acids is 1. The van der Waals surface area contributed by atoms with Crippen LogP contribution in [-0.4, -0.2) is 23.5 Å². The molecule has 1 N–H and O–H groups in total. The zero-order valence-corrected chi connectivity index (χ0v) is 14.3. The van der Waals surface area contributed by atoms with Gasteiger partial charge >= 0.3 is 0 Å². The van der Waals surface area contributed by atoms with Gasteiger partial charge in [-0.15, -0.1) is 11.3 Å². The molecule has 0 saturated carbocycles. The Labute approximate surface area is 135 Å². The minimum absolute atomic E-state index is 0.106. The van der Waals surface area contributed by atoms with Crippen LogP contribution < -0.4 is 10.1 Å². The highest BCUT2D eigenvalue weighted by molar-refractivity contribution is 7.09. The Morgan fingerprint density at radius 2 is 2.09 bits per heavy atom. The van der Waals surface area contributed by atoms with Gasteiger partial charge in [-0.2, -0.15) is 0 Å². The highest BCUT2D eigenvalue weighted by atomic mass is 32.1. The minimum Gasteiger partial charge on any atom is -0.481 e. The molecule has 5 heteroatoms. The maximum Gasteiger partial charge on any atom is 0.260 e. The van der Waals surface area contributed by atoms with Gasteiger partial charge in [0.1, 0.15) is 5.75 Å². The zero-order valence-electron chi connectivity index (χ0n) is 13.5. The number of carbonyl (C=O) groups is 1. The van der Waals surface area contributed by atoms with E-state index in [2.05, 4.69) is 17.2 Å². The van der Waals surface area contributed by atoms with Gasteiger partial charge in [-0.25, -0.2) is 4.98 Å². The van der Waals surface area contributed by atoms with Crippen LogP contribution in [0.15, 0.2) is 23.6 Å². The Kier molecular flexibility index (Phi) is 5.55. The molecular formula is C17H22N2O2S. The summed E-state index contributed by atoms with van der Waals surface area (Å²) in [4.78, 5) is 16.4. The predicted octanol–water partition coefficient (Wildman–Crippen LogP) is 3.19. The summed E-state index contributed by atoms with van der Waals surface area (Å²) >= 11 is 1.63. The van der Waals surface area contributed by atoms with Gasteiger partial charge in [0.15, 0.2) is 6.10 Å². The fourth-order valence-electron chi connectivity index (χ4n) is 2.03. The third kappa shape index (κ3) is 4.56. The number of thiazole rings is 1. The lowest BCUT2D eigenvalue weighted by molar-refractivity contribution is -0.127. The van der Waals surface area contributed by atoms with Gasteiger partial charge in [-0.1, -0.05) is 6.07 Å². The van der Waals surface area contributed by atoms with Crippen molar-refractivity contribution < 1.29 is 9.53 Å². The molecule has 2 aromatic rings. The quantitative estimate of drug-likeness (QED) is 0.890. The molecule has 2 rings (SSSR count). The van der Waals surface area contributed by atoms with Crippen LogP contribution in [0.2, 0.25) is 0 Å². The summed E-state index contributed by atoms with van der Waals surface area (Å²) in [5.74, 6) is 0.617. The highest BCUT2D eigenvalue weighted by Gasteiger charge is 2.14. The van der Waals surface area contributed by atoms with Crippen LogP contribution in [0.4, 0.5) is 0 Å².